The van der Waals surface area contributed by atoms with Gasteiger partial charge in [-0.15, -0.1) is 0 Å². The van der Waals surface area contributed by atoms with Crippen molar-refractivity contribution in [2.24, 2.45) is 0 Å². The zero-order valence-corrected chi connectivity index (χ0v) is 9.28. The molecule has 0 spiro atoms. The molecule has 0 radical (unpaired) electrons. The Morgan fingerprint density at radius 1 is 1.50 bits per heavy atom. The van der Waals surface area contributed by atoms with Crippen molar-refractivity contribution >= 4 is 22.6 Å². The molecule has 12 heavy (non-hydrogen) atoms. The van der Waals surface area contributed by atoms with Gasteiger partial charge >= 0.3 is 0 Å². The highest BCUT2D eigenvalue weighted by molar-refractivity contribution is 14.1. The molecule has 0 aliphatic carbocycles. The van der Waals surface area contributed by atoms with Gasteiger partial charge < -0.3 is 5.11 Å². The van der Waals surface area contributed by atoms with Gasteiger partial charge in [0.1, 0.15) is 0 Å². The van der Waals surface area contributed by atoms with Gasteiger partial charge in [-0.1, -0.05) is 19.1 Å². The molecule has 0 amide bonds. The SMILES string of the molecule is CC[C@H](O)Cc1cccc(I)c1. The van der Waals surface area contributed by atoms with E-state index >= 15 is 0 Å². The average Bonchev–Trinajstić information content (AvgIpc) is 2.04. The van der Waals surface area contributed by atoms with Gasteiger partial charge in [-0.3, -0.25) is 0 Å². The van der Waals surface area contributed by atoms with Crippen molar-refractivity contribution in [3.05, 3.63) is 33.4 Å². The lowest BCUT2D eigenvalue weighted by molar-refractivity contribution is 0.171. The highest BCUT2D eigenvalue weighted by Crippen LogP contribution is 2.10. The van der Waals surface area contributed by atoms with Crippen LogP contribution in [0.4, 0.5) is 0 Å². The van der Waals surface area contributed by atoms with Gasteiger partial charge in [0.25, 0.3) is 0 Å². The number of rotatable bonds is 3. The molecule has 0 saturated heterocycles. The van der Waals surface area contributed by atoms with Crippen molar-refractivity contribution in [1.29, 1.82) is 0 Å². The molecule has 1 rings (SSSR count). The maximum atomic E-state index is 9.40. The third-order valence-corrected chi connectivity index (χ3v) is 2.50. The minimum atomic E-state index is -0.191. The van der Waals surface area contributed by atoms with E-state index in [-0.39, 0.29) is 6.10 Å². The van der Waals surface area contributed by atoms with Gasteiger partial charge in [-0.2, -0.15) is 0 Å². The standard InChI is InChI=1S/C10H13IO/c1-2-10(12)7-8-4-3-5-9(11)6-8/h3-6,10,12H,2,7H2,1H3/t10-/m0/s1. The van der Waals surface area contributed by atoms with Crippen LogP contribution < -0.4 is 0 Å². The van der Waals surface area contributed by atoms with Crippen molar-refractivity contribution in [3.8, 4) is 0 Å². The highest BCUT2D eigenvalue weighted by atomic mass is 127. The minimum absolute atomic E-state index is 0.191. The molecule has 0 fully saturated rings. The zero-order valence-electron chi connectivity index (χ0n) is 7.13. The molecule has 0 aliphatic heterocycles. The van der Waals surface area contributed by atoms with E-state index in [0.717, 1.165) is 12.8 Å². The maximum Gasteiger partial charge on any atom is 0.0577 e. The van der Waals surface area contributed by atoms with Crippen LogP contribution in [0.1, 0.15) is 18.9 Å². The second-order valence-corrected chi connectivity index (χ2v) is 4.14. The normalized spacial score (nSPS) is 12.9. The third-order valence-electron chi connectivity index (χ3n) is 1.83. The van der Waals surface area contributed by atoms with E-state index in [0.29, 0.717) is 0 Å². The lowest BCUT2D eigenvalue weighted by atomic mass is 10.1. The molecule has 1 aromatic carbocycles. The first-order valence-corrected chi connectivity index (χ1v) is 5.22. The van der Waals surface area contributed by atoms with Gasteiger partial charge in [-0.25, -0.2) is 0 Å². The monoisotopic (exact) mass is 276 g/mol. The number of hydrogen-bond acceptors (Lipinski definition) is 1. The van der Waals surface area contributed by atoms with E-state index in [1.165, 1.54) is 9.13 Å². The van der Waals surface area contributed by atoms with Crippen LogP contribution in [0.3, 0.4) is 0 Å². The van der Waals surface area contributed by atoms with E-state index in [1.807, 2.05) is 13.0 Å². The van der Waals surface area contributed by atoms with Gasteiger partial charge in [0.05, 0.1) is 6.10 Å². The quantitative estimate of drug-likeness (QED) is 0.841. The first-order chi connectivity index (χ1) is 5.72. The Labute approximate surface area is 86.9 Å². The molecule has 1 N–H and O–H groups in total. The Hall–Kier alpha value is -0.0900. The van der Waals surface area contributed by atoms with Crippen LogP contribution in [-0.2, 0) is 6.42 Å². The van der Waals surface area contributed by atoms with E-state index < -0.39 is 0 Å². The van der Waals surface area contributed by atoms with Crippen LogP contribution in [0.5, 0.6) is 0 Å². The molecule has 1 aromatic rings. The van der Waals surface area contributed by atoms with E-state index in [1.54, 1.807) is 0 Å². The Morgan fingerprint density at radius 2 is 2.25 bits per heavy atom. The fourth-order valence-corrected chi connectivity index (χ4v) is 1.69. The summed E-state index contributed by atoms with van der Waals surface area (Å²) in [5, 5.41) is 9.40. The lowest BCUT2D eigenvalue weighted by Gasteiger charge is -2.07. The maximum absolute atomic E-state index is 9.40. The largest absolute Gasteiger partial charge is 0.393 e. The van der Waals surface area contributed by atoms with Gasteiger partial charge in [0, 0.05) is 3.57 Å². The Balaban J connectivity index is 2.63. The summed E-state index contributed by atoms with van der Waals surface area (Å²) in [6, 6.07) is 8.25. The minimum Gasteiger partial charge on any atom is -0.393 e. The van der Waals surface area contributed by atoms with Gasteiger partial charge in [0.15, 0.2) is 0 Å². The van der Waals surface area contributed by atoms with Crippen molar-refractivity contribution in [3.63, 3.8) is 0 Å². The van der Waals surface area contributed by atoms with Crippen LogP contribution in [0.2, 0.25) is 0 Å². The summed E-state index contributed by atoms with van der Waals surface area (Å²) in [6.45, 7) is 2.00. The number of halogens is 1. The van der Waals surface area contributed by atoms with Crippen LogP contribution in [0.15, 0.2) is 24.3 Å². The summed E-state index contributed by atoms with van der Waals surface area (Å²) >= 11 is 2.28. The molecule has 0 saturated carbocycles. The van der Waals surface area contributed by atoms with Crippen LogP contribution in [0.25, 0.3) is 0 Å². The second kappa shape index (κ2) is 4.82. The molecule has 0 bridgehead atoms. The van der Waals surface area contributed by atoms with Crippen molar-refractivity contribution in [2.45, 2.75) is 25.9 Å². The number of benzene rings is 1. The van der Waals surface area contributed by atoms with Crippen molar-refractivity contribution in [1.82, 2.24) is 0 Å². The third kappa shape index (κ3) is 3.11. The van der Waals surface area contributed by atoms with E-state index in [4.69, 9.17) is 0 Å². The summed E-state index contributed by atoms with van der Waals surface area (Å²) in [6.07, 6.45) is 1.40. The average molecular weight is 276 g/mol. The topological polar surface area (TPSA) is 20.2 Å². The summed E-state index contributed by atoms with van der Waals surface area (Å²) in [5.74, 6) is 0. The lowest BCUT2D eigenvalue weighted by Crippen LogP contribution is -2.08. The van der Waals surface area contributed by atoms with Crippen LogP contribution >= 0.6 is 22.6 Å². The zero-order chi connectivity index (χ0) is 8.97. The molecular weight excluding hydrogens is 263 g/mol. The predicted molar refractivity (Wildman–Crippen MR) is 59.2 cm³/mol. The summed E-state index contributed by atoms with van der Waals surface area (Å²) in [4.78, 5) is 0. The number of hydrogen-bond donors (Lipinski definition) is 1. The number of aliphatic hydroxyl groups excluding tert-OH is 1. The molecule has 0 aromatic heterocycles. The van der Waals surface area contributed by atoms with Gasteiger partial charge in [-0.05, 0) is 53.1 Å². The molecule has 0 unspecified atom stereocenters. The fraction of sp³-hybridized carbons (Fsp3) is 0.400. The van der Waals surface area contributed by atoms with Crippen LogP contribution in [-0.4, -0.2) is 11.2 Å². The molecule has 1 nitrogen and oxygen atoms in total. The summed E-state index contributed by atoms with van der Waals surface area (Å²) in [5.41, 5.74) is 1.22. The van der Waals surface area contributed by atoms with Gasteiger partial charge in [0.2, 0.25) is 0 Å². The molecule has 2 heteroatoms. The molecule has 1 atom stereocenters. The molecule has 0 heterocycles. The predicted octanol–water partition coefficient (Wildman–Crippen LogP) is 2.60. The van der Waals surface area contributed by atoms with E-state index in [9.17, 15) is 5.11 Å². The summed E-state index contributed by atoms with van der Waals surface area (Å²) < 4.78 is 1.23. The van der Waals surface area contributed by atoms with Crippen molar-refractivity contribution < 1.29 is 5.11 Å². The Morgan fingerprint density at radius 3 is 2.83 bits per heavy atom. The highest BCUT2D eigenvalue weighted by Gasteiger charge is 2.01. The van der Waals surface area contributed by atoms with Crippen LogP contribution in [0, 0.1) is 3.57 Å². The first kappa shape index (κ1) is 9.99. The number of aliphatic hydroxyl groups is 1. The van der Waals surface area contributed by atoms with Crippen molar-refractivity contribution in [2.75, 3.05) is 0 Å². The smallest absolute Gasteiger partial charge is 0.0577 e. The fourth-order valence-electron chi connectivity index (χ4n) is 1.08. The summed E-state index contributed by atoms with van der Waals surface area (Å²) in [7, 11) is 0. The second-order valence-electron chi connectivity index (χ2n) is 2.90. The van der Waals surface area contributed by atoms with E-state index in [2.05, 4.69) is 40.8 Å². The Kier molecular flexibility index (Phi) is 4.01. The molecular formula is C10H13IO. The first-order valence-electron chi connectivity index (χ1n) is 4.15. The molecule has 0 aliphatic rings. The molecule has 66 valence electrons. The Bertz CT molecular complexity index is 247.